The number of nitrogens with one attached hydrogen (secondary N) is 2. The normalized spacial score (nSPS) is 10.4. The third-order valence-corrected chi connectivity index (χ3v) is 4.77. The van der Waals surface area contributed by atoms with Gasteiger partial charge in [-0.1, -0.05) is 59.6 Å². The van der Waals surface area contributed by atoms with Crippen molar-refractivity contribution in [2.45, 2.75) is 12.8 Å². The summed E-state index contributed by atoms with van der Waals surface area (Å²) >= 11 is 12.0. The van der Waals surface area contributed by atoms with Crippen molar-refractivity contribution in [3.63, 3.8) is 0 Å². The lowest BCUT2D eigenvalue weighted by Crippen LogP contribution is -2.21. The molecule has 4 nitrogen and oxygen atoms in total. The average Bonchev–Trinajstić information content (AvgIpc) is 2.73. The summed E-state index contributed by atoms with van der Waals surface area (Å²) in [5.74, 6) is 0.531. The quantitative estimate of drug-likeness (QED) is 0.407. The second kappa shape index (κ2) is 10.7. The Morgan fingerprint density at radius 2 is 1.76 bits per heavy atom. The van der Waals surface area contributed by atoms with Gasteiger partial charge in [0.05, 0.1) is 23.9 Å². The van der Waals surface area contributed by atoms with Crippen molar-refractivity contribution in [3.05, 3.63) is 88.4 Å². The van der Waals surface area contributed by atoms with Gasteiger partial charge in [-0.2, -0.15) is 0 Å². The molecule has 3 aromatic rings. The highest BCUT2D eigenvalue weighted by Gasteiger charge is 2.06. The molecular formula is C23H22Cl2N2O2. The molecule has 0 atom stereocenters. The van der Waals surface area contributed by atoms with Crippen LogP contribution in [0.2, 0.25) is 10.0 Å². The SMILES string of the molecule is O=C(CNc1cc(Cl)ccc1Cl)Nc1cccc(OCCCc2ccccc2)c1. The molecule has 0 aliphatic carbocycles. The molecule has 2 N–H and O–H groups in total. The van der Waals surface area contributed by atoms with Crippen LogP contribution in [0.1, 0.15) is 12.0 Å². The summed E-state index contributed by atoms with van der Waals surface area (Å²) in [6, 6.07) is 22.7. The standard InChI is InChI=1S/C23H22Cl2N2O2/c24-18-11-12-21(25)22(14-18)26-16-23(28)27-19-9-4-10-20(15-19)29-13-5-8-17-6-2-1-3-7-17/h1-4,6-7,9-12,14-15,26H,5,8,13,16H2,(H,27,28). The number of aryl methyl sites for hydroxylation is 1. The largest absolute Gasteiger partial charge is 0.494 e. The molecule has 1 amide bonds. The van der Waals surface area contributed by atoms with Gasteiger partial charge in [-0.25, -0.2) is 0 Å². The van der Waals surface area contributed by atoms with Crippen LogP contribution in [-0.4, -0.2) is 19.1 Å². The van der Waals surface area contributed by atoms with Crippen LogP contribution in [0, 0.1) is 0 Å². The van der Waals surface area contributed by atoms with Crippen molar-refractivity contribution in [3.8, 4) is 5.75 Å². The van der Waals surface area contributed by atoms with Gasteiger partial charge in [0.25, 0.3) is 0 Å². The van der Waals surface area contributed by atoms with Gasteiger partial charge in [0.15, 0.2) is 0 Å². The summed E-state index contributed by atoms with van der Waals surface area (Å²) in [4.78, 5) is 12.2. The first-order valence-corrected chi connectivity index (χ1v) is 10.1. The number of carbonyl (C=O) groups is 1. The lowest BCUT2D eigenvalue weighted by Gasteiger charge is -2.11. The first-order chi connectivity index (χ1) is 14.1. The summed E-state index contributed by atoms with van der Waals surface area (Å²) in [7, 11) is 0. The van der Waals surface area contributed by atoms with Crippen molar-refractivity contribution >= 4 is 40.5 Å². The number of hydrogen-bond donors (Lipinski definition) is 2. The summed E-state index contributed by atoms with van der Waals surface area (Å²) in [6.07, 6.45) is 1.89. The molecule has 0 saturated heterocycles. The Bertz CT molecular complexity index is 949. The molecule has 150 valence electrons. The van der Waals surface area contributed by atoms with Gasteiger partial charge in [0, 0.05) is 16.8 Å². The monoisotopic (exact) mass is 428 g/mol. The van der Waals surface area contributed by atoms with E-state index in [1.165, 1.54) is 5.56 Å². The third-order valence-electron chi connectivity index (χ3n) is 4.21. The highest BCUT2D eigenvalue weighted by molar-refractivity contribution is 6.35. The Hall–Kier alpha value is -2.69. The topological polar surface area (TPSA) is 50.4 Å². The first kappa shape index (κ1) is 21.0. The van der Waals surface area contributed by atoms with Gasteiger partial charge in [0.1, 0.15) is 5.75 Å². The molecule has 6 heteroatoms. The van der Waals surface area contributed by atoms with Gasteiger partial charge in [-0.3, -0.25) is 4.79 Å². The van der Waals surface area contributed by atoms with Crippen LogP contribution in [0.5, 0.6) is 5.75 Å². The predicted octanol–water partition coefficient (Wildman–Crippen LogP) is 6.06. The van der Waals surface area contributed by atoms with Crippen molar-refractivity contribution < 1.29 is 9.53 Å². The van der Waals surface area contributed by atoms with Gasteiger partial charge in [-0.05, 0) is 48.7 Å². The van der Waals surface area contributed by atoms with E-state index < -0.39 is 0 Å². The van der Waals surface area contributed by atoms with Crippen LogP contribution < -0.4 is 15.4 Å². The second-order valence-electron chi connectivity index (χ2n) is 6.49. The highest BCUT2D eigenvalue weighted by Crippen LogP contribution is 2.25. The Morgan fingerprint density at radius 3 is 2.59 bits per heavy atom. The summed E-state index contributed by atoms with van der Waals surface area (Å²) in [5, 5.41) is 6.89. The molecule has 0 bridgehead atoms. The van der Waals surface area contributed by atoms with Crippen molar-refractivity contribution in [2.75, 3.05) is 23.8 Å². The molecule has 0 saturated carbocycles. The Morgan fingerprint density at radius 1 is 0.931 bits per heavy atom. The Kier molecular flexibility index (Phi) is 7.79. The average molecular weight is 429 g/mol. The molecule has 0 aliphatic heterocycles. The van der Waals surface area contributed by atoms with E-state index in [0.717, 1.165) is 18.6 Å². The van der Waals surface area contributed by atoms with Crippen LogP contribution in [0.25, 0.3) is 0 Å². The fourth-order valence-corrected chi connectivity index (χ4v) is 3.14. The van der Waals surface area contributed by atoms with E-state index in [1.807, 2.05) is 42.5 Å². The molecular weight excluding hydrogens is 407 g/mol. The van der Waals surface area contributed by atoms with E-state index in [-0.39, 0.29) is 12.5 Å². The zero-order valence-corrected chi connectivity index (χ0v) is 17.3. The fraction of sp³-hybridized carbons (Fsp3) is 0.174. The fourth-order valence-electron chi connectivity index (χ4n) is 2.79. The van der Waals surface area contributed by atoms with Crippen LogP contribution in [0.4, 0.5) is 11.4 Å². The van der Waals surface area contributed by atoms with Gasteiger partial charge in [0.2, 0.25) is 5.91 Å². The van der Waals surface area contributed by atoms with Crippen molar-refractivity contribution in [1.82, 2.24) is 0 Å². The Balaban J connectivity index is 1.45. The third kappa shape index (κ3) is 7.00. The summed E-state index contributed by atoms with van der Waals surface area (Å²) < 4.78 is 5.81. The van der Waals surface area contributed by atoms with E-state index in [2.05, 4.69) is 22.8 Å². The maximum absolute atomic E-state index is 12.2. The molecule has 0 heterocycles. The highest BCUT2D eigenvalue weighted by atomic mass is 35.5. The van der Waals surface area contributed by atoms with Gasteiger partial charge in [-0.15, -0.1) is 0 Å². The van der Waals surface area contributed by atoms with Gasteiger partial charge >= 0.3 is 0 Å². The molecule has 3 rings (SSSR count). The number of hydrogen-bond acceptors (Lipinski definition) is 3. The smallest absolute Gasteiger partial charge is 0.243 e. The maximum Gasteiger partial charge on any atom is 0.243 e. The molecule has 0 unspecified atom stereocenters. The van der Waals surface area contributed by atoms with E-state index in [0.29, 0.717) is 28.0 Å². The van der Waals surface area contributed by atoms with Crippen LogP contribution in [0.15, 0.2) is 72.8 Å². The lowest BCUT2D eigenvalue weighted by atomic mass is 10.1. The minimum atomic E-state index is -0.192. The maximum atomic E-state index is 12.2. The number of amides is 1. The van der Waals surface area contributed by atoms with Crippen molar-refractivity contribution in [2.24, 2.45) is 0 Å². The number of carbonyl (C=O) groups excluding carboxylic acids is 1. The zero-order valence-electron chi connectivity index (χ0n) is 15.8. The first-order valence-electron chi connectivity index (χ1n) is 9.36. The minimum Gasteiger partial charge on any atom is -0.494 e. The number of anilines is 2. The molecule has 29 heavy (non-hydrogen) atoms. The summed E-state index contributed by atoms with van der Waals surface area (Å²) in [5.41, 5.74) is 2.59. The molecule has 0 spiro atoms. The summed E-state index contributed by atoms with van der Waals surface area (Å²) in [6.45, 7) is 0.684. The number of rotatable bonds is 9. The van der Waals surface area contributed by atoms with E-state index in [4.69, 9.17) is 27.9 Å². The number of benzene rings is 3. The minimum absolute atomic E-state index is 0.0716. The lowest BCUT2D eigenvalue weighted by molar-refractivity contribution is -0.114. The molecule has 0 fully saturated rings. The van der Waals surface area contributed by atoms with Gasteiger partial charge < -0.3 is 15.4 Å². The van der Waals surface area contributed by atoms with E-state index >= 15 is 0 Å². The number of ether oxygens (including phenoxy) is 1. The van der Waals surface area contributed by atoms with Crippen LogP contribution in [-0.2, 0) is 11.2 Å². The molecule has 3 aromatic carbocycles. The van der Waals surface area contributed by atoms with E-state index in [1.54, 1.807) is 18.2 Å². The van der Waals surface area contributed by atoms with Crippen LogP contribution >= 0.6 is 23.2 Å². The van der Waals surface area contributed by atoms with E-state index in [9.17, 15) is 4.79 Å². The molecule has 0 radical (unpaired) electrons. The second-order valence-corrected chi connectivity index (χ2v) is 7.33. The number of halogens is 2. The predicted molar refractivity (Wildman–Crippen MR) is 120 cm³/mol. The zero-order chi connectivity index (χ0) is 20.5. The Labute approximate surface area is 180 Å². The van der Waals surface area contributed by atoms with Crippen molar-refractivity contribution in [1.29, 1.82) is 0 Å². The molecule has 0 aliphatic rings. The van der Waals surface area contributed by atoms with Crippen LogP contribution in [0.3, 0.4) is 0 Å². The molecule has 0 aromatic heterocycles.